The zero-order chi connectivity index (χ0) is 12.3. The minimum absolute atomic E-state index is 0.645. The van der Waals surface area contributed by atoms with Crippen molar-refractivity contribution in [3.05, 3.63) is 36.2 Å². The quantitative estimate of drug-likeness (QED) is 0.844. The van der Waals surface area contributed by atoms with E-state index in [0.29, 0.717) is 5.92 Å². The molecule has 0 radical (unpaired) electrons. The minimum Gasteiger partial charge on any atom is -0.388 e. The Morgan fingerprint density at radius 3 is 2.88 bits per heavy atom. The Balaban J connectivity index is 2.24. The average Bonchev–Trinajstić information content (AvgIpc) is 2.77. The summed E-state index contributed by atoms with van der Waals surface area (Å²) >= 11 is 0. The van der Waals surface area contributed by atoms with E-state index in [4.69, 9.17) is 0 Å². The molecule has 0 saturated carbocycles. The molecule has 2 rings (SSSR count). The number of aromatic amines is 1. The van der Waals surface area contributed by atoms with Crippen LogP contribution in [0, 0.1) is 5.92 Å². The van der Waals surface area contributed by atoms with Crippen molar-refractivity contribution in [1.29, 1.82) is 0 Å². The molecule has 0 bridgehead atoms. The molecule has 0 atom stereocenters. The second-order valence-corrected chi connectivity index (χ2v) is 4.69. The molecule has 1 aromatic carbocycles. The third-order valence-corrected chi connectivity index (χ3v) is 2.68. The van der Waals surface area contributed by atoms with Crippen molar-refractivity contribution in [2.24, 2.45) is 5.92 Å². The van der Waals surface area contributed by atoms with Crippen LogP contribution in [-0.2, 0) is 6.42 Å². The summed E-state index contributed by atoms with van der Waals surface area (Å²) < 4.78 is 0. The van der Waals surface area contributed by atoms with E-state index in [1.807, 2.05) is 25.4 Å². The van der Waals surface area contributed by atoms with Gasteiger partial charge in [-0.1, -0.05) is 26.0 Å². The molecule has 0 saturated heterocycles. The van der Waals surface area contributed by atoms with Gasteiger partial charge in [-0.2, -0.15) is 0 Å². The summed E-state index contributed by atoms with van der Waals surface area (Å²) in [5, 5.41) is 3.13. The first-order valence-electron chi connectivity index (χ1n) is 6.01. The maximum absolute atomic E-state index is 4.43. The lowest BCUT2D eigenvalue weighted by atomic mass is 10.1. The van der Waals surface area contributed by atoms with Gasteiger partial charge in [-0.15, -0.1) is 0 Å². The second-order valence-electron chi connectivity index (χ2n) is 4.69. The first kappa shape index (κ1) is 11.7. The summed E-state index contributed by atoms with van der Waals surface area (Å²) in [5.41, 5.74) is 3.42. The van der Waals surface area contributed by atoms with Crippen LogP contribution in [0.25, 0.3) is 11.4 Å². The minimum atomic E-state index is 0.645. The number of hydrogen-bond donors (Lipinski definition) is 2. The molecule has 0 aliphatic carbocycles. The van der Waals surface area contributed by atoms with Gasteiger partial charge in [0.15, 0.2) is 0 Å². The lowest BCUT2D eigenvalue weighted by Crippen LogP contribution is -1.94. The highest BCUT2D eigenvalue weighted by Crippen LogP contribution is 2.20. The van der Waals surface area contributed by atoms with Gasteiger partial charge in [-0.05, 0) is 24.5 Å². The second kappa shape index (κ2) is 5.04. The molecule has 0 spiro atoms. The predicted octanol–water partition coefficient (Wildman–Crippen LogP) is 3.32. The van der Waals surface area contributed by atoms with Gasteiger partial charge in [0.25, 0.3) is 0 Å². The lowest BCUT2D eigenvalue weighted by molar-refractivity contribution is 0.638. The van der Waals surface area contributed by atoms with Gasteiger partial charge in [0.2, 0.25) is 0 Å². The van der Waals surface area contributed by atoms with Crippen LogP contribution in [0.3, 0.4) is 0 Å². The number of nitrogens with one attached hydrogen (secondary N) is 2. The smallest absolute Gasteiger partial charge is 0.137 e. The maximum Gasteiger partial charge on any atom is 0.137 e. The predicted molar refractivity (Wildman–Crippen MR) is 72.1 cm³/mol. The molecule has 0 aliphatic heterocycles. The lowest BCUT2D eigenvalue weighted by Gasteiger charge is -2.03. The van der Waals surface area contributed by atoms with E-state index in [1.54, 1.807) is 0 Å². The number of anilines is 1. The van der Waals surface area contributed by atoms with E-state index in [9.17, 15) is 0 Å². The van der Waals surface area contributed by atoms with Crippen molar-refractivity contribution in [1.82, 2.24) is 9.97 Å². The first-order valence-corrected chi connectivity index (χ1v) is 6.01. The Morgan fingerprint density at radius 2 is 2.18 bits per heavy atom. The van der Waals surface area contributed by atoms with Crippen LogP contribution in [0.2, 0.25) is 0 Å². The van der Waals surface area contributed by atoms with Crippen LogP contribution < -0.4 is 5.32 Å². The van der Waals surface area contributed by atoms with Crippen LogP contribution in [-0.4, -0.2) is 17.0 Å². The van der Waals surface area contributed by atoms with Crippen LogP contribution in [0.1, 0.15) is 19.5 Å². The van der Waals surface area contributed by atoms with E-state index in [2.05, 4.69) is 41.3 Å². The maximum atomic E-state index is 4.43. The van der Waals surface area contributed by atoms with Crippen LogP contribution in [0.15, 0.2) is 30.5 Å². The van der Waals surface area contributed by atoms with Crippen LogP contribution in [0.4, 0.5) is 5.69 Å². The normalized spacial score (nSPS) is 10.8. The Bertz CT molecular complexity index is 486. The van der Waals surface area contributed by atoms with E-state index in [-0.39, 0.29) is 0 Å². The van der Waals surface area contributed by atoms with Crippen LogP contribution >= 0.6 is 0 Å². The average molecular weight is 229 g/mol. The summed E-state index contributed by atoms with van der Waals surface area (Å²) in [7, 11) is 1.92. The molecular weight excluding hydrogens is 210 g/mol. The number of rotatable bonds is 4. The molecule has 1 heterocycles. The number of H-pyrrole nitrogens is 1. The SMILES string of the molecule is CNc1cccc(-c2ncc(CC(C)C)[nH]2)c1. The number of hydrogen-bond acceptors (Lipinski definition) is 2. The van der Waals surface area contributed by atoms with Gasteiger partial charge in [-0.25, -0.2) is 4.98 Å². The highest BCUT2D eigenvalue weighted by molar-refractivity contribution is 5.62. The van der Waals surface area contributed by atoms with E-state index in [0.717, 1.165) is 23.5 Å². The molecule has 17 heavy (non-hydrogen) atoms. The Labute approximate surface area is 102 Å². The Kier molecular flexibility index (Phi) is 3.47. The van der Waals surface area contributed by atoms with E-state index in [1.165, 1.54) is 5.69 Å². The molecule has 90 valence electrons. The Hall–Kier alpha value is -1.77. The summed E-state index contributed by atoms with van der Waals surface area (Å²) in [6.07, 6.45) is 2.97. The van der Waals surface area contributed by atoms with Gasteiger partial charge < -0.3 is 10.3 Å². The van der Waals surface area contributed by atoms with Gasteiger partial charge in [0.05, 0.1) is 0 Å². The van der Waals surface area contributed by atoms with Crippen molar-refractivity contribution in [2.45, 2.75) is 20.3 Å². The summed E-state index contributed by atoms with van der Waals surface area (Å²) in [4.78, 5) is 7.80. The topological polar surface area (TPSA) is 40.7 Å². The molecule has 3 heteroatoms. The van der Waals surface area contributed by atoms with E-state index < -0.39 is 0 Å². The fraction of sp³-hybridized carbons (Fsp3) is 0.357. The number of aromatic nitrogens is 2. The molecule has 3 nitrogen and oxygen atoms in total. The Morgan fingerprint density at radius 1 is 1.35 bits per heavy atom. The molecule has 1 aromatic heterocycles. The molecule has 2 N–H and O–H groups in total. The fourth-order valence-electron chi connectivity index (χ4n) is 1.87. The van der Waals surface area contributed by atoms with Crippen molar-refractivity contribution in [3.8, 4) is 11.4 Å². The number of nitrogens with zero attached hydrogens (tertiary/aromatic N) is 1. The molecule has 2 aromatic rings. The van der Waals surface area contributed by atoms with Gasteiger partial charge in [0, 0.05) is 30.2 Å². The van der Waals surface area contributed by atoms with Gasteiger partial charge in [-0.3, -0.25) is 0 Å². The van der Waals surface area contributed by atoms with Crippen molar-refractivity contribution < 1.29 is 0 Å². The molecular formula is C14H19N3. The third kappa shape index (κ3) is 2.87. The van der Waals surface area contributed by atoms with Crippen LogP contribution in [0.5, 0.6) is 0 Å². The van der Waals surface area contributed by atoms with E-state index >= 15 is 0 Å². The monoisotopic (exact) mass is 229 g/mol. The molecule has 0 amide bonds. The zero-order valence-electron chi connectivity index (χ0n) is 10.6. The standard InChI is InChI=1S/C14H19N3/c1-10(2)7-13-9-16-14(17-13)11-5-4-6-12(8-11)15-3/h4-6,8-10,15H,7H2,1-3H3,(H,16,17). The molecule has 0 fully saturated rings. The molecule has 0 aliphatic rings. The summed E-state index contributed by atoms with van der Waals surface area (Å²) in [5.74, 6) is 1.59. The molecule has 0 unspecified atom stereocenters. The number of benzene rings is 1. The van der Waals surface area contributed by atoms with Crippen molar-refractivity contribution in [3.63, 3.8) is 0 Å². The van der Waals surface area contributed by atoms with Crippen molar-refractivity contribution in [2.75, 3.05) is 12.4 Å². The van der Waals surface area contributed by atoms with Gasteiger partial charge in [0.1, 0.15) is 5.82 Å². The fourth-order valence-corrected chi connectivity index (χ4v) is 1.87. The zero-order valence-corrected chi connectivity index (χ0v) is 10.6. The highest BCUT2D eigenvalue weighted by atomic mass is 14.9. The highest BCUT2D eigenvalue weighted by Gasteiger charge is 2.05. The van der Waals surface area contributed by atoms with Crippen molar-refractivity contribution >= 4 is 5.69 Å². The number of imidazole rings is 1. The summed E-state index contributed by atoms with van der Waals surface area (Å²) in [6, 6.07) is 8.24. The third-order valence-electron chi connectivity index (χ3n) is 2.68. The first-order chi connectivity index (χ1) is 8.19. The summed E-state index contributed by atoms with van der Waals surface area (Å²) in [6.45, 7) is 4.42. The van der Waals surface area contributed by atoms with Gasteiger partial charge >= 0.3 is 0 Å². The largest absolute Gasteiger partial charge is 0.388 e.